The minimum Gasteiger partial charge on any atom is -0.378 e. The monoisotopic (exact) mass is 428 g/mol. The minimum absolute atomic E-state index is 0.221. The number of H-pyrrole nitrogens is 1. The Morgan fingerprint density at radius 3 is 2.77 bits per heavy atom. The highest BCUT2D eigenvalue weighted by Crippen LogP contribution is 2.28. The molecule has 1 saturated heterocycles. The second-order valence-corrected chi connectivity index (χ2v) is 8.44. The zero-order chi connectivity index (χ0) is 21.3. The Hall–Kier alpha value is -2.82. The molecule has 0 aromatic carbocycles. The van der Waals surface area contributed by atoms with Crippen molar-refractivity contribution in [2.75, 3.05) is 50.6 Å². The molecule has 3 aromatic rings. The van der Waals surface area contributed by atoms with Crippen LogP contribution in [0.3, 0.4) is 0 Å². The van der Waals surface area contributed by atoms with E-state index in [1.807, 2.05) is 31.1 Å². The molecule has 0 unspecified atom stereocenters. The number of amides is 1. The van der Waals surface area contributed by atoms with Crippen molar-refractivity contribution in [1.29, 1.82) is 0 Å². The minimum atomic E-state index is -0.273. The van der Waals surface area contributed by atoms with Gasteiger partial charge in [0.2, 0.25) is 0 Å². The number of hydrogen-bond donors (Lipinski definition) is 2. The van der Waals surface area contributed by atoms with Crippen molar-refractivity contribution in [3.63, 3.8) is 0 Å². The van der Waals surface area contributed by atoms with E-state index in [2.05, 4.69) is 25.2 Å². The number of pyridine rings is 1. The summed E-state index contributed by atoms with van der Waals surface area (Å²) in [5.41, 5.74) is 1.01. The lowest BCUT2D eigenvalue weighted by atomic mass is 10.2. The molecular formula is C20H24N6O3S. The van der Waals surface area contributed by atoms with Gasteiger partial charge in [-0.15, -0.1) is 11.3 Å². The molecule has 1 aliphatic heterocycles. The average Bonchev–Trinajstić information content (AvgIpc) is 3.05. The van der Waals surface area contributed by atoms with Crippen LogP contribution in [0, 0.1) is 6.92 Å². The molecule has 1 amide bonds. The molecule has 1 fully saturated rings. The Morgan fingerprint density at radius 1 is 1.33 bits per heavy atom. The predicted molar refractivity (Wildman–Crippen MR) is 118 cm³/mol. The van der Waals surface area contributed by atoms with E-state index in [1.54, 1.807) is 13.1 Å². The van der Waals surface area contributed by atoms with Gasteiger partial charge in [0.1, 0.15) is 16.5 Å². The van der Waals surface area contributed by atoms with Crippen LogP contribution in [0.5, 0.6) is 0 Å². The van der Waals surface area contributed by atoms with Crippen molar-refractivity contribution >= 4 is 39.0 Å². The summed E-state index contributed by atoms with van der Waals surface area (Å²) in [6.07, 6.45) is 1.64. The molecule has 0 spiro atoms. The first-order valence-corrected chi connectivity index (χ1v) is 10.5. The largest absolute Gasteiger partial charge is 0.378 e. The molecule has 0 bridgehead atoms. The average molecular weight is 429 g/mol. The maximum Gasteiger partial charge on any atom is 0.266 e. The van der Waals surface area contributed by atoms with Crippen LogP contribution in [0.2, 0.25) is 0 Å². The summed E-state index contributed by atoms with van der Waals surface area (Å²) in [6.45, 7) is 5.28. The summed E-state index contributed by atoms with van der Waals surface area (Å²) in [5.74, 6) is 1.16. The Bertz CT molecular complexity index is 1120. The van der Waals surface area contributed by atoms with Gasteiger partial charge in [-0.3, -0.25) is 9.59 Å². The normalized spacial score (nSPS) is 14.5. The van der Waals surface area contributed by atoms with E-state index in [4.69, 9.17) is 4.74 Å². The Morgan fingerprint density at radius 2 is 2.10 bits per heavy atom. The van der Waals surface area contributed by atoms with E-state index >= 15 is 0 Å². The highest BCUT2D eigenvalue weighted by atomic mass is 32.1. The third kappa shape index (κ3) is 4.20. The van der Waals surface area contributed by atoms with E-state index in [9.17, 15) is 9.59 Å². The van der Waals surface area contributed by atoms with Crippen LogP contribution in [0.4, 0.5) is 11.5 Å². The molecule has 0 radical (unpaired) electrons. The Balaban J connectivity index is 1.55. The first-order valence-electron chi connectivity index (χ1n) is 9.69. The lowest BCUT2D eigenvalue weighted by Gasteiger charge is -2.27. The number of ether oxygens (including phenoxy) is 1. The van der Waals surface area contributed by atoms with Gasteiger partial charge >= 0.3 is 0 Å². The van der Waals surface area contributed by atoms with Crippen molar-refractivity contribution in [3.05, 3.63) is 44.9 Å². The number of rotatable bonds is 5. The van der Waals surface area contributed by atoms with Gasteiger partial charge in [-0.25, -0.2) is 9.97 Å². The van der Waals surface area contributed by atoms with Crippen LogP contribution in [0.15, 0.2) is 23.1 Å². The van der Waals surface area contributed by atoms with Crippen molar-refractivity contribution in [3.8, 4) is 0 Å². The molecule has 3 aromatic heterocycles. The topological polar surface area (TPSA) is 103 Å². The maximum atomic E-state index is 12.9. The van der Waals surface area contributed by atoms with Crippen molar-refractivity contribution in [2.24, 2.45) is 0 Å². The molecule has 0 atom stereocenters. The summed E-state index contributed by atoms with van der Waals surface area (Å²) in [6, 6.07) is 3.72. The van der Waals surface area contributed by atoms with E-state index in [0.717, 1.165) is 18.9 Å². The third-order valence-electron chi connectivity index (χ3n) is 4.86. The molecular weight excluding hydrogens is 404 g/mol. The van der Waals surface area contributed by atoms with Crippen LogP contribution in [0.25, 0.3) is 10.2 Å². The van der Waals surface area contributed by atoms with Gasteiger partial charge in [0.05, 0.1) is 41.9 Å². The first-order chi connectivity index (χ1) is 14.4. The quantitative estimate of drug-likeness (QED) is 0.639. The smallest absolute Gasteiger partial charge is 0.266 e. The second-order valence-electron chi connectivity index (χ2n) is 7.45. The number of morpholine rings is 1. The molecule has 0 saturated carbocycles. The number of carbonyl (C=O) groups is 1. The fraction of sp³-hybridized carbons (Fsp3) is 0.400. The number of thiophene rings is 1. The Kier molecular flexibility index (Phi) is 5.80. The predicted octanol–water partition coefficient (Wildman–Crippen LogP) is 1.84. The van der Waals surface area contributed by atoms with Gasteiger partial charge in [-0.05, 0) is 38.7 Å². The zero-order valence-corrected chi connectivity index (χ0v) is 18.0. The second kappa shape index (κ2) is 8.50. The molecule has 0 aliphatic carbocycles. The number of hydrogen-bond acceptors (Lipinski definition) is 8. The molecule has 4 heterocycles. The summed E-state index contributed by atoms with van der Waals surface area (Å²) < 4.78 is 5.36. The van der Waals surface area contributed by atoms with Crippen molar-refractivity contribution in [2.45, 2.75) is 13.5 Å². The number of nitrogens with zero attached hydrogens (tertiary/aromatic N) is 4. The summed E-state index contributed by atoms with van der Waals surface area (Å²) in [5, 5.41) is 3.34. The molecule has 10 heteroatoms. The van der Waals surface area contributed by atoms with Crippen molar-refractivity contribution in [1.82, 2.24) is 19.9 Å². The molecule has 1 aliphatic rings. The first kappa shape index (κ1) is 20.5. The number of aryl methyl sites for hydroxylation is 1. The number of aromatic nitrogens is 3. The van der Waals surface area contributed by atoms with Gasteiger partial charge in [0.15, 0.2) is 0 Å². The van der Waals surface area contributed by atoms with Crippen LogP contribution in [0.1, 0.15) is 21.1 Å². The number of carbonyl (C=O) groups excluding carboxylic acids is 1. The SMILES string of the molecule is Cc1c(C(=O)Nc2ccc(N3CCOCC3)nc2)sc2nc(CN(C)C)[nH]c(=O)c12. The Labute approximate surface area is 177 Å². The highest BCUT2D eigenvalue weighted by molar-refractivity contribution is 7.20. The highest BCUT2D eigenvalue weighted by Gasteiger charge is 2.20. The van der Waals surface area contributed by atoms with Gasteiger partial charge in [-0.2, -0.15) is 0 Å². The number of anilines is 2. The lowest BCUT2D eigenvalue weighted by molar-refractivity contribution is 0.103. The lowest BCUT2D eigenvalue weighted by Crippen LogP contribution is -2.36. The summed E-state index contributed by atoms with van der Waals surface area (Å²) in [4.78, 5) is 42.3. The van der Waals surface area contributed by atoms with Gasteiger partial charge in [0, 0.05) is 13.1 Å². The van der Waals surface area contributed by atoms with E-state index in [-0.39, 0.29) is 11.5 Å². The van der Waals surface area contributed by atoms with Gasteiger partial charge < -0.3 is 24.8 Å². The third-order valence-corrected chi connectivity index (χ3v) is 6.05. The van der Waals surface area contributed by atoms with E-state index in [1.165, 1.54) is 11.3 Å². The zero-order valence-electron chi connectivity index (χ0n) is 17.2. The summed E-state index contributed by atoms with van der Waals surface area (Å²) >= 11 is 1.23. The van der Waals surface area contributed by atoms with Gasteiger partial charge in [0.25, 0.3) is 11.5 Å². The van der Waals surface area contributed by atoms with Crippen molar-refractivity contribution < 1.29 is 9.53 Å². The van der Waals surface area contributed by atoms with Crippen LogP contribution in [-0.2, 0) is 11.3 Å². The van der Waals surface area contributed by atoms with E-state index in [0.29, 0.717) is 51.9 Å². The molecule has 158 valence electrons. The fourth-order valence-corrected chi connectivity index (χ4v) is 4.50. The maximum absolute atomic E-state index is 12.9. The molecule has 2 N–H and O–H groups in total. The molecule has 4 rings (SSSR count). The summed E-state index contributed by atoms with van der Waals surface area (Å²) in [7, 11) is 3.81. The molecule has 9 nitrogen and oxygen atoms in total. The standard InChI is InChI=1S/C20H24N6O3S/c1-12-16-18(27)23-14(11-25(2)3)24-20(16)30-17(12)19(28)22-13-4-5-15(21-10-13)26-6-8-29-9-7-26/h4-5,10H,6-9,11H2,1-3H3,(H,22,28)(H,23,24,27). The fourth-order valence-electron chi connectivity index (χ4n) is 3.41. The van der Waals surface area contributed by atoms with Crippen LogP contribution in [-0.4, -0.2) is 66.2 Å². The number of nitrogens with one attached hydrogen (secondary N) is 2. The molecule has 30 heavy (non-hydrogen) atoms. The number of aromatic amines is 1. The van der Waals surface area contributed by atoms with E-state index < -0.39 is 0 Å². The van der Waals surface area contributed by atoms with Gasteiger partial charge in [-0.1, -0.05) is 0 Å². The van der Waals surface area contributed by atoms with Crippen LogP contribution >= 0.6 is 11.3 Å². The number of fused-ring (bicyclic) bond motifs is 1. The van der Waals surface area contributed by atoms with Crippen LogP contribution < -0.4 is 15.8 Å².